The van der Waals surface area contributed by atoms with Gasteiger partial charge in [-0.25, -0.2) is 0 Å². The SMILES string of the molecule is COc1ccccc1C(c1ccc2c(c1)OCO2)N1CCCNCC1. The standard InChI is InChI=1S/C20H24N2O3/c1-23-17-6-3-2-5-16(17)20(22-11-4-9-21-10-12-22)15-7-8-18-19(13-15)25-14-24-18/h2-3,5-8,13,20-21H,4,9-12,14H2,1H3. The van der Waals surface area contributed by atoms with Crippen LogP contribution in [0.2, 0.25) is 0 Å². The summed E-state index contributed by atoms with van der Waals surface area (Å²) in [6.07, 6.45) is 1.14. The Morgan fingerprint density at radius 1 is 1.04 bits per heavy atom. The maximum Gasteiger partial charge on any atom is 0.231 e. The molecule has 0 aromatic heterocycles. The monoisotopic (exact) mass is 340 g/mol. The molecular weight excluding hydrogens is 316 g/mol. The number of methoxy groups -OCH3 is 1. The fourth-order valence-electron chi connectivity index (χ4n) is 3.69. The van der Waals surface area contributed by atoms with Gasteiger partial charge in [-0.15, -0.1) is 0 Å². The molecule has 0 amide bonds. The number of benzene rings is 2. The van der Waals surface area contributed by atoms with Gasteiger partial charge in [0.05, 0.1) is 13.2 Å². The summed E-state index contributed by atoms with van der Waals surface area (Å²) >= 11 is 0. The van der Waals surface area contributed by atoms with Crippen LogP contribution in [0.15, 0.2) is 42.5 Å². The molecule has 0 aliphatic carbocycles. The van der Waals surface area contributed by atoms with E-state index < -0.39 is 0 Å². The zero-order chi connectivity index (χ0) is 17.1. The lowest BCUT2D eigenvalue weighted by atomic mass is 9.95. The van der Waals surface area contributed by atoms with Crippen molar-refractivity contribution in [3.8, 4) is 17.2 Å². The summed E-state index contributed by atoms with van der Waals surface area (Å²) in [5, 5.41) is 3.49. The highest BCUT2D eigenvalue weighted by atomic mass is 16.7. The maximum atomic E-state index is 5.66. The molecule has 1 saturated heterocycles. The Morgan fingerprint density at radius 3 is 2.84 bits per heavy atom. The summed E-state index contributed by atoms with van der Waals surface area (Å²) in [5.74, 6) is 2.56. The van der Waals surface area contributed by atoms with Crippen molar-refractivity contribution in [3.05, 3.63) is 53.6 Å². The Morgan fingerprint density at radius 2 is 1.92 bits per heavy atom. The minimum Gasteiger partial charge on any atom is -0.496 e. The van der Waals surface area contributed by atoms with E-state index in [9.17, 15) is 0 Å². The van der Waals surface area contributed by atoms with E-state index in [-0.39, 0.29) is 6.04 Å². The van der Waals surface area contributed by atoms with Crippen LogP contribution in [0, 0.1) is 0 Å². The molecule has 1 N–H and O–H groups in total. The van der Waals surface area contributed by atoms with Gasteiger partial charge in [-0.05, 0) is 36.7 Å². The van der Waals surface area contributed by atoms with Gasteiger partial charge in [-0.3, -0.25) is 4.90 Å². The van der Waals surface area contributed by atoms with E-state index in [4.69, 9.17) is 14.2 Å². The molecule has 1 atom stereocenters. The highest BCUT2D eigenvalue weighted by Gasteiger charge is 2.27. The average molecular weight is 340 g/mol. The van der Waals surface area contributed by atoms with Crippen molar-refractivity contribution in [1.29, 1.82) is 0 Å². The first-order valence-electron chi connectivity index (χ1n) is 8.84. The third-order valence-corrected chi connectivity index (χ3v) is 4.89. The van der Waals surface area contributed by atoms with Gasteiger partial charge in [0.2, 0.25) is 6.79 Å². The van der Waals surface area contributed by atoms with Crippen LogP contribution in [0.5, 0.6) is 17.2 Å². The largest absolute Gasteiger partial charge is 0.496 e. The van der Waals surface area contributed by atoms with Gasteiger partial charge in [-0.2, -0.15) is 0 Å². The first-order chi connectivity index (χ1) is 12.4. The van der Waals surface area contributed by atoms with Crippen LogP contribution >= 0.6 is 0 Å². The predicted octanol–water partition coefficient (Wildman–Crippen LogP) is 2.81. The molecule has 1 unspecified atom stereocenters. The Kier molecular flexibility index (Phi) is 4.76. The van der Waals surface area contributed by atoms with E-state index in [1.165, 1.54) is 11.1 Å². The molecule has 1 fully saturated rings. The van der Waals surface area contributed by atoms with Crippen LogP contribution in [0.25, 0.3) is 0 Å². The lowest BCUT2D eigenvalue weighted by Gasteiger charge is -2.32. The number of nitrogens with zero attached hydrogens (tertiary/aromatic N) is 1. The number of hydrogen-bond acceptors (Lipinski definition) is 5. The zero-order valence-electron chi connectivity index (χ0n) is 14.5. The molecule has 2 heterocycles. The minimum absolute atomic E-state index is 0.130. The highest BCUT2D eigenvalue weighted by Crippen LogP contribution is 2.40. The Hall–Kier alpha value is -2.24. The van der Waals surface area contributed by atoms with Crippen LogP contribution in [-0.2, 0) is 0 Å². The fourth-order valence-corrected chi connectivity index (χ4v) is 3.69. The Labute approximate surface area is 148 Å². The molecule has 0 radical (unpaired) electrons. The van der Waals surface area contributed by atoms with E-state index in [1.54, 1.807) is 7.11 Å². The smallest absolute Gasteiger partial charge is 0.231 e. The second-order valence-corrected chi connectivity index (χ2v) is 6.40. The van der Waals surface area contributed by atoms with Crippen molar-refractivity contribution in [1.82, 2.24) is 10.2 Å². The molecule has 5 heteroatoms. The zero-order valence-corrected chi connectivity index (χ0v) is 14.5. The van der Waals surface area contributed by atoms with Gasteiger partial charge in [0.15, 0.2) is 11.5 Å². The number of nitrogens with one attached hydrogen (secondary N) is 1. The molecule has 2 aliphatic rings. The number of ether oxygens (including phenoxy) is 3. The number of para-hydroxylation sites is 1. The lowest BCUT2D eigenvalue weighted by molar-refractivity contribution is 0.173. The molecule has 5 nitrogen and oxygen atoms in total. The quantitative estimate of drug-likeness (QED) is 0.927. The highest BCUT2D eigenvalue weighted by molar-refractivity contribution is 5.49. The van der Waals surface area contributed by atoms with Gasteiger partial charge in [0.25, 0.3) is 0 Å². The summed E-state index contributed by atoms with van der Waals surface area (Å²) in [4.78, 5) is 2.52. The van der Waals surface area contributed by atoms with Crippen LogP contribution in [-0.4, -0.2) is 45.0 Å². The van der Waals surface area contributed by atoms with Crippen LogP contribution < -0.4 is 19.5 Å². The maximum absolute atomic E-state index is 5.66. The average Bonchev–Trinajstić information content (AvgIpc) is 2.96. The molecule has 4 rings (SSSR count). The van der Waals surface area contributed by atoms with Gasteiger partial charge < -0.3 is 19.5 Å². The van der Waals surface area contributed by atoms with Crippen molar-refractivity contribution < 1.29 is 14.2 Å². The van der Waals surface area contributed by atoms with E-state index in [1.807, 2.05) is 18.2 Å². The normalized spacial score (nSPS) is 18.6. The Balaban J connectivity index is 1.77. The van der Waals surface area contributed by atoms with Crippen molar-refractivity contribution in [2.24, 2.45) is 0 Å². The van der Waals surface area contributed by atoms with Gasteiger partial charge in [0.1, 0.15) is 5.75 Å². The molecule has 132 valence electrons. The molecule has 2 aliphatic heterocycles. The van der Waals surface area contributed by atoms with Crippen LogP contribution in [0.1, 0.15) is 23.6 Å². The number of fused-ring (bicyclic) bond motifs is 1. The molecule has 0 spiro atoms. The second-order valence-electron chi connectivity index (χ2n) is 6.40. The van der Waals surface area contributed by atoms with Crippen molar-refractivity contribution in [2.75, 3.05) is 40.1 Å². The third-order valence-electron chi connectivity index (χ3n) is 4.89. The first-order valence-corrected chi connectivity index (χ1v) is 8.84. The summed E-state index contributed by atoms with van der Waals surface area (Å²) in [7, 11) is 1.74. The second kappa shape index (κ2) is 7.33. The van der Waals surface area contributed by atoms with Gasteiger partial charge in [-0.1, -0.05) is 24.3 Å². The molecule has 0 bridgehead atoms. The summed E-state index contributed by atoms with van der Waals surface area (Å²) < 4.78 is 16.8. The van der Waals surface area contributed by atoms with Crippen LogP contribution in [0.4, 0.5) is 0 Å². The van der Waals surface area contributed by atoms with Gasteiger partial charge >= 0.3 is 0 Å². The van der Waals surface area contributed by atoms with Crippen molar-refractivity contribution in [2.45, 2.75) is 12.5 Å². The van der Waals surface area contributed by atoms with E-state index in [0.29, 0.717) is 6.79 Å². The lowest BCUT2D eigenvalue weighted by Crippen LogP contribution is -2.33. The molecule has 25 heavy (non-hydrogen) atoms. The van der Waals surface area contributed by atoms with E-state index >= 15 is 0 Å². The fraction of sp³-hybridized carbons (Fsp3) is 0.400. The third kappa shape index (κ3) is 3.30. The van der Waals surface area contributed by atoms with Crippen molar-refractivity contribution in [3.63, 3.8) is 0 Å². The number of rotatable bonds is 4. The molecule has 2 aromatic carbocycles. The first kappa shape index (κ1) is 16.2. The minimum atomic E-state index is 0.130. The summed E-state index contributed by atoms with van der Waals surface area (Å²) in [6.45, 7) is 4.40. The summed E-state index contributed by atoms with van der Waals surface area (Å²) in [6, 6.07) is 14.7. The van der Waals surface area contributed by atoms with Crippen molar-refractivity contribution >= 4 is 0 Å². The summed E-state index contributed by atoms with van der Waals surface area (Å²) in [5.41, 5.74) is 2.39. The van der Waals surface area contributed by atoms with E-state index in [0.717, 1.165) is 49.8 Å². The molecular formula is C20H24N2O3. The molecule has 2 aromatic rings. The van der Waals surface area contributed by atoms with Crippen LogP contribution in [0.3, 0.4) is 0 Å². The molecule has 0 saturated carbocycles. The number of hydrogen-bond donors (Lipinski definition) is 1. The predicted molar refractivity (Wildman–Crippen MR) is 96.5 cm³/mol. The Bertz CT molecular complexity index is 727. The van der Waals surface area contributed by atoms with Gasteiger partial charge in [0, 0.05) is 25.2 Å². The topological polar surface area (TPSA) is 43.0 Å². The van der Waals surface area contributed by atoms with E-state index in [2.05, 4.69) is 34.5 Å².